The third-order valence-corrected chi connectivity index (χ3v) is 3.68. The summed E-state index contributed by atoms with van der Waals surface area (Å²) in [6.07, 6.45) is 3.98. The molecule has 0 amide bonds. The summed E-state index contributed by atoms with van der Waals surface area (Å²) < 4.78 is 5.84. The predicted molar refractivity (Wildman–Crippen MR) is 74.7 cm³/mol. The van der Waals surface area contributed by atoms with Gasteiger partial charge in [-0.05, 0) is 43.4 Å². The van der Waals surface area contributed by atoms with E-state index in [2.05, 4.69) is 6.92 Å². The number of ketones is 1. The SMILES string of the molecule is CCCOC(CC)c1c(O)ccc2c1CCCC2=O. The fraction of sp³-hybridized carbons (Fsp3) is 0.562. The first-order valence-corrected chi connectivity index (χ1v) is 7.18. The van der Waals surface area contributed by atoms with Crippen LogP contribution in [0.5, 0.6) is 5.75 Å². The molecule has 0 spiro atoms. The van der Waals surface area contributed by atoms with Crippen LogP contribution in [-0.2, 0) is 11.2 Å². The maximum Gasteiger partial charge on any atom is 0.163 e. The molecule has 104 valence electrons. The number of aromatic hydroxyl groups is 1. The molecule has 2 rings (SSSR count). The van der Waals surface area contributed by atoms with Crippen molar-refractivity contribution < 1.29 is 14.6 Å². The number of benzene rings is 1. The third-order valence-electron chi connectivity index (χ3n) is 3.68. The number of carbonyl (C=O) groups excluding carboxylic acids is 1. The van der Waals surface area contributed by atoms with Crippen LogP contribution in [0.4, 0.5) is 0 Å². The first-order chi connectivity index (χ1) is 9.19. The second-order valence-electron chi connectivity index (χ2n) is 5.07. The Labute approximate surface area is 114 Å². The summed E-state index contributed by atoms with van der Waals surface area (Å²) in [4.78, 5) is 12.0. The molecule has 1 aromatic carbocycles. The van der Waals surface area contributed by atoms with Crippen LogP contribution in [0.3, 0.4) is 0 Å². The Morgan fingerprint density at radius 1 is 1.32 bits per heavy atom. The smallest absolute Gasteiger partial charge is 0.163 e. The van der Waals surface area contributed by atoms with Gasteiger partial charge in [0.15, 0.2) is 5.78 Å². The van der Waals surface area contributed by atoms with Crippen LogP contribution in [0.25, 0.3) is 0 Å². The van der Waals surface area contributed by atoms with Gasteiger partial charge < -0.3 is 9.84 Å². The average molecular weight is 262 g/mol. The number of ether oxygens (including phenoxy) is 1. The van der Waals surface area contributed by atoms with E-state index in [9.17, 15) is 9.90 Å². The zero-order valence-electron chi connectivity index (χ0n) is 11.7. The molecular formula is C16H22O3. The first-order valence-electron chi connectivity index (χ1n) is 7.18. The topological polar surface area (TPSA) is 46.5 Å². The summed E-state index contributed by atoms with van der Waals surface area (Å²) in [5.74, 6) is 0.448. The zero-order valence-corrected chi connectivity index (χ0v) is 11.7. The van der Waals surface area contributed by atoms with Crippen molar-refractivity contribution in [3.8, 4) is 5.75 Å². The van der Waals surface area contributed by atoms with Crippen LogP contribution in [0, 0.1) is 0 Å². The Morgan fingerprint density at radius 2 is 2.11 bits per heavy atom. The van der Waals surface area contributed by atoms with Crippen molar-refractivity contribution in [2.45, 2.75) is 52.1 Å². The van der Waals surface area contributed by atoms with E-state index >= 15 is 0 Å². The minimum atomic E-state index is -0.110. The monoisotopic (exact) mass is 262 g/mol. The van der Waals surface area contributed by atoms with Crippen LogP contribution in [0.1, 0.15) is 67.1 Å². The number of fused-ring (bicyclic) bond motifs is 1. The molecule has 0 aromatic heterocycles. The number of phenolic OH excluding ortho intramolecular Hbond substituents is 1. The van der Waals surface area contributed by atoms with E-state index in [1.807, 2.05) is 6.92 Å². The molecule has 19 heavy (non-hydrogen) atoms. The maximum atomic E-state index is 12.0. The molecule has 1 aromatic rings. The van der Waals surface area contributed by atoms with Gasteiger partial charge in [0, 0.05) is 24.2 Å². The van der Waals surface area contributed by atoms with Gasteiger partial charge in [0.2, 0.25) is 0 Å². The molecule has 1 atom stereocenters. The highest BCUT2D eigenvalue weighted by Crippen LogP contribution is 2.37. The highest BCUT2D eigenvalue weighted by atomic mass is 16.5. The van der Waals surface area contributed by atoms with Crippen molar-refractivity contribution in [3.63, 3.8) is 0 Å². The van der Waals surface area contributed by atoms with Gasteiger partial charge in [-0.3, -0.25) is 4.79 Å². The van der Waals surface area contributed by atoms with E-state index in [0.717, 1.165) is 42.4 Å². The molecule has 0 saturated carbocycles. The molecular weight excluding hydrogens is 240 g/mol. The van der Waals surface area contributed by atoms with Crippen LogP contribution in [-0.4, -0.2) is 17.5 Å². The van der Waals surface area contributed by atoms with Crippen molar-refractivity contribution in [2.75, 3.05) is 6.61 Å². The zero-order chi connectivity index (χ0) is 13.8. The van der Waals surface area contributed by atoms with Gasteiger partial charge in [0.1, 0.15) is 5.75 Å². The second kappa shape index (κ2) is 6.20. The standard InChI is InChI=1S/C16H22O3/c1-3-10-19-15(4-2)16-12-6-5-7-13(17)11(12)8-9-14(16)18/h8-9,15,18H,3-7,10H2,1-2H3. The lowest BCUT2D eigenvalue weighted by molar-refractivity contribution is 0.0480. The second-order valence-corrected chi connectivity index (χ2v) is 5.07. The Hall–Kier alpha value is -1.35. The molecule has 3 nitrogen and oxygen atoms in total. The Balaban J connectivity index is 2.42. The largest absolute Gasteiger partial charge is 0.508 e. The fourth-order valence-electron chi connectivity index (χ4n) is 2.77. The van der Waals surface area contributed by atoms with Crippen LogP contribution in [0.15, 0.2) is 12.1 Å². The van der Waals surface area contributed by atoms with Crippen LogP contribution in [0.2, 0.25) is 0 Å². The molecule has 0 aliphatic heterocycles. The Kier molecular flexibility index (Phi) is 4.59. The molecule has 1 aliphatic rings. The van der Waals surface area contributed by atoms with Crippen molar-refractivity contribution in [3.05, 3.63) is 28.8 Å². The van der Waals surface area contributed by atoms with Gasteiger partial charge in [-0.15, -0.1) is 0 Å². The number of phenols is 1. The molecule has 1 aliphatic carbocycles. The summed E-state index contributed by atoms with van der Waals surface area (Å²) in [7, 11) is 0. The number of Topliss-reactive ketones (excluding diaryl/α,β-unsaturated/α-hetero) is 1. The lowest BCUT2D eigenvalue weighted by Crippen LogP contribution is -2.16. The van der Waals surface area contributed by atoms with E-state index in [0.29, 0.717) is 13.0 Å². The molecule has 0 fully saturated rings. The van der Waals surface area contributed by atoms with Crippen molar-refractivity contribution in [1.29, 1.82) is 0 Å². The van der Waals surface area contributed by atoms with E-state index in [1.54, 1.807) is 12.1 Å². The van der Waals surface area contributed by atoms with Crippen molar-refractivity contribution >= 4 is 5.78 Å². The van der Waals surface area contributed by atoms with Gasteiger partial charge >= 0.3 is 0 Å². The summed E-state index contributed by atoms with van der Waals surface area (Å²) in [5.41, 5.74) is 2.61. The van der Waals surface area contributed by atoms with E-state index in [-0.39, 0.29) is 17.6 Å². The summed E-state index contributed by atoms with van der Waals surface area (Å²) in [6.45, 7) is 4.79. The molecule has 1 N–H and O–H groups in total. The van der Waals surface area contributed by atoms with Gasteiger partial charge in [-0.25, -0.2) is 0 Å². The normalized spacial score (nSPS) is 16.2. The summed E-state index contributed by atoms with van der Waals surface area (Å²) >= 11 is 0. The summed E-state index contributed by atoms with van der Waals surface area (Å²) in [6, 6.07) is 3.39. The maximum absolute atomic E-state index is 12.0. The number of carbonyl (C=O) groups is 1. The predicted octanol–water partition coefficient (Wildman–Crippen LogP) is 3.79. The third kappa shape index (κ3) is 2.81. The summed E-state index contributed by atoms with van der Waals surface area (Å²) in [5, 5.41) is 10.2. The quantitative estimate of drug-likeness (QED) is 0.878. The minimum absolute atomic E-state index is 0.110. The van der Waals surface area contributed by atoms with Gasteiger partial charge in [-0.2, -0.15) is 0 Å². The van der Waals surface area contributed by atoms with Gasteiger partial charge in [0.25, 0.3) is 0 Å². The number of rotatable bonds is 5. The minimum Gasteiger partial charge on any atom is -0.508 e. The molecule has 0 radical (unpaired) electrons. The highest BCUT2D eigenvalue weighted by Gasteiger charge is 2.26. The molecule has 0 heterocycles. The van der Waals surface area contributed by atoms with E-state index in [4.69, 9.17) is 4.74 Å². The number of hydrogen-bond donors (Lipinski definition) is 1. The molecule has 0 bridgehead atoms. The lowest BCUT2D eigenvalue weighted by atomic mass is 9.84. The van der Waals surface area contributed by atoms with Crippen molar-refractivity contribution in [1.82, 2.24) is 0 Å². The van der Waals surface area contributed by atoms with Crippen molar-refractivity contribution in [2.24, 2.45) is 0 Å². The van der Waals surface area contributed by atoms with Gasteiger partial charge in [-0.1, -0.05) is 13.8 Å². The molecule has 0 saturated heterocycles. The fourth-order valence-corrected chi connectivity index (χ4v) is 2.77. The average Bonchev–Trinajstić information content (AvgIpc) is 2.41. The Bertz CT molecular complexity index is 465. The highest BCUT2D eigenvalue weighted by molar-refractivity contribution is 5.99. The first kappa shape index (κ1) is 14.1. The Morgan fingerprint density at radius 3 is 2.79 bits per heavy atom. The van der Waals surface area contributed by atoms with Crippen LogP contribution < -0.4 is 0 Å². The van der Waals surface area contributed by atoms with E-state index < -0.39 is 0 Å². The van der Waals surface area contributed by atoms with E-state index in [1.165, 1.54) is 0 Å². The molecule has 1 unspecified atom stereocenters. The van der Waals surface area contributed by atoms with Crippen LogP contribution >= 0.6 is 0 Å². The molecule has 3 heteroatoms. The lowest BCUT2D eigenvalue weighted by Gasteiger charge is -2.25. The number of hydrogen-bond acceptors (Lipinski definition) is 3. The van der Waals surface area contributed by atoms with Gasteiger partial charge in [0.05, 0.1) is 6.10 Å².